The summed E-state index contributed by atoms with van der Waals surface area (Å²) in [5.74, 6) is 0. The molecule has 3 nitrogen and oxygen atoms in total. The van der Waals surface area contributed by atoms with Crippen molar-refractivity contribution < 1.29 is 5.11 Å². The van der Waals surface area contributed by atoms with Crippen LogP contribution in [0.4, 0.5) is 0 Å². The van der Waals surface area contributed by atoms with Gasteiger partial charge in [-0.2, -0.15) is 0 Å². The average molecular weight is 232 g/mol. The van der Waals surface area contributed by atoms with Crippen molar-refractivity contribution in [3.8, 4) is 0 Å². The molecule has 0 fully saturated rings. The Hall–Kier alpha value is -1.32. The molecule has 0 bridgehead atoms. The molecule has 3 heteroatoms. The van der Waals surface area contributed by atoms with E-state index in [9.17, 15) is 5.11 Å². The van der Waals surface area contributed by atoms with Gasteiger partial charge < -0.3 is 15.7 Å². The molecule has 0 heterocycles. The maximum absolute atomic E-state index is 9.68. The van der Waals surface area contributed by atoms with Gasteiger partial charge in [-0.15, -0.1) is 0 Å². The second kappa shape index (κ2) is 5.84. The van der Waals surface area contributed by atoms with E-state index in [1.54, 1.807) is 6.20 Å². The minimum Gasteiger partial charge on any atom is -0.390 e. The van der Waals surface area contributed by atoms with Crippen molar-refractivity contribution in [1.82, 2.24) is 10.6 Å². The van der Waals surface area contributed by atoms with Crippen LogP contribution in [-0.2, 0) is 12.8 Å². The zero-order valence-corrected chi connectivity index (χ0v) is 10.0. The molecule has 0 amide bonds. The van der Waals surface area contributed by atoms with Crippen molar-refractivity contribution in [2.75, 3.05) is 13.1 Å². The molecule has 1 aliphatic carbocycles. The number of benzene rings is 1. The maximum atomic E-state index is 9.68. The molecule has 0 radical (unpaired) electrons. The number of aliphatic hydroxyl groups is 1. The Morgan fingerprint density at radius 2 is 1.94 bits per heavy atom. The van der Waals surface area contributed by atoms with Crippen molar-refractivity contribution in [3.05, 3.63) is 48.2 Å². The number of aliphatic hydroxyl groups excluding tert-OH is 1. The lowest BCUT2D eigenvalue weighted by Crippen LogP contribution is -2.39. The van der Waals surface area contributed by atoms with E-state index >= 15 is 0 Å². The molecule has 3 N–H and O–H groups in total. The van der Waals surface area contributed by atoms with E-state index in [1.807, 2.05) is 0 Å². The Kier molecular flexibility index (Phi) is 4.18. The van der Waals surface area contributed by atoms with Crippen LogP contribution in [0.15, 0.2) is 37.0 Å². The quantitative estimate of drug-likeness (QED) is 0.681. The lowest BCUT2D eigenvalue weighted by Gasteiger charge is -2.16. The van der Waals surface area contributed by atoms with Gasteiger partial charge in [0, 0.05) is 19.1 Å². The summed E-state index contributed by atoms with van der Waals surface area (Å²) in [4.78, 5) is 0. The maximum Gasteiger partial charge on any atom is 0.0836 e. The van der Waals surface area contributed by atoms with E-state index in [1.165, 1.54) is 11.1 Å². The smallest absolute Gasteiger partial charge is 0.0836 e. The molecule has 0 aliphatic heterocycles. The van der Waals surface area contributed by atoms with Gasteiger partial charge in [0.2, 0.25) is 0 Å². The molecule has 1 atom stereocenters. The molecule has 1 aliphatic rings. The fourth-order valence-electron chi connectivity index (χ4n) is 2.30. The number of fused-ring (bicyclic) bond motifs is 1. The molecule has 0 saturated heterocycles. The second-order valence-electron chi connectivity index (χ2n) is 4.55. The number of rotatable bonds is 6. The molecule has 1 aromatic carbocycles. The van der Waals surface area contributed by atoms with E-state index in [0.717, 1.165) is 12.8 Å². The molecule has 0 saturated carbocycles. The van der Waals surface area contributed by atoms with Gasteiger partial charge in [-0.25, -0.2) is 0 Å². The highest BCUT2D eigenvalue weighted by Gasteiger charge is 2.20. The molecule has 2 rings (SSSR count). The Bertz CT molecular complexity index is 353. The van der Waals surface area contributed by atoms with Crippen molar-refractivity contribution in [2.24, 2.45) is 0 Å². The first-order valence-corrected chi connectivity index (χ1v) is 6.12. The topological polar surface area (TPSA) is 44.3 Å². The molecule has 0 aromatic heterocycles. The summed E-state index contributed by atoms with van der Waals surface area (Å²) in [6.07, 6.45) is 3.38. The van der Waals surface area contributed by atoms with E-state index in [4.69, 9.17) is 0 Å². The van der Waals surface area contributed by atoms with E-state index in [2.05, 4.69) is 41.5 Å². The van der Waals surface area contributed by atoms with Crippen LogP contribution in [0.3, 0.4) is 0 Å². The summed E-state index contributed by atoms with van der Waals surface area (Å²) < 4.78 is 0. The van der Waals surface area contributed by atoms with Crippen molar-refractivity contribution in [1.29, 1.82) is 0 Å². The van der Waals surface area contributed by atoms with Gasteiger partial charge in [-0.05, 0) is 30.2 Å². The first kappa shape index (κ1) is 12.1. The van der Waals surface area contributed by atoms with Crippen molar-refractivity contribution in [2.45, 2.75) is 25.0 Å². The van der Waals surface area contributed by atoms with Crippen LogP contribution < -0.4 is 10.6 Å². The zero-order valence-electron chi connectivity index (χ0n) is 10.0. The summed E-state index contributed by atoms with van der Waals surface area (Å²) in [5, 5.41) is 16.0. The fraction of sp³-hybridized carbons (Fsp3) is 0.429. The number of hydrogen-bond donors (Lipinski definition) is 3. The van der Waals surface area contributed by atoms with Crippen LogP contribution in [-0.4, -0.2) is 30.3 Å². The van der Waals surface area contributed by atoms with E-state index < -0.39 is 0 Å². The van der Waals surface area contributed by atoms with Gasteiger partial charge in [0.25, 0.3) is 0 Å². The summed E-state index contributed by atoms with van der Waals surface area (Å²) >= 11 is 0. The minimum absolute atomic E-state index is 0.364. The molecular weight excluding hydrogens is 212 g/mol. The van der Waals surface area contributed by atoms with Crippen LogP contribution in [0.2, 0.25) is 0 Å². The van der Waals surface area contributed by atoms with Crippen LogP contribution in [0.25, 0.3) is 0 Å². The lowest BCUT2D eigenvalue weighted by atomic mass is 10.1. The minimum atomic E-state index is -0.364. The van der Waals surface area contributed by atoms with E-state index in [-0.39, 0.29) is 6.10 Å². The first-order chi connectivity index (χ1) is 8.29. The Labute approximate surface area is 103 Å². The average Bonchev–Trinajstić information content (AvgIpc) is 2.76. The lowest BCUT2D eigenvalue weighted by molar-refractivity contribution is 0.168. The second-order valence-corrected chi connectivity index (χ2v) is 4.55. The monoisotopic (exact) mass is 232 g/mol. The number of hydrogen-bond acceptors (Lipinski definition) is 3. The predicted octanol–water partition coefficient (Wildman–Crippen LogP) is 0.837. The summed E-state index contributed by atoms with van der Waals surface area (Å²) in [7, 11) is 0. The van der Waals surface area contributed by atoms with Crippen molar-refractivity contribution >= 4 is 0 Å². The third-order valence-corrected chi connectivity index (χ3v) is 3.19. The standard InChI is InChI=1S/C14H20N2O/c1-2-15-9-14(17)10-16-13-7-11-5-3-4-6-12(11)8-13/h2-6,13-17H,1,7-10H2. The molecule has 1 unspecified atom stereocenters. The SMILES string of the molecule is C=CNCC(O)CNC1Cc2ccccc2C1. The summed E-state index contributed by atoms with van der Waals surface area (Å²) in [6.45, 7) is 4.73. The molecule has 92 valence electrons. The van der Waals surface area contributed by atoms with Crippen LogP contribution in [0, 0.1) is 0 Å². The predicted molar refractivity (Wildman–Crippen MR) is 69.8 cm³/mol. The van der Waals surface area contributed by atoms with Gasteiger partial charge in [-0.3, -0.25) is 0 Å². The first-order valence-electron chi connectivity index (χ1n) is 6.12. The highest BCUT2D eigenvalue weighted by molar-refractivity contribution is 5.33. The third-order valence-electron chi connectivity index (χ3n) is 3.19. The van der Waals surface area contributed by atoms with Gasteiger partial charge in [-0.1, -0.05) is 30.8 Å². The largest absolute Gasteiger partial charge is 0.390 e. The molecular formula is C14H20N2O. The summed E-state index contributed by atoms with van der Waals surface area (Å²) in [5.41, 5.74) is 2.87. The Balaban J connectivity index is 1.74. The van der Waals surface area contributed by atoms with Gasteiger partial charge in [0.1, 0.15) is 0 Å². The number of nitrogens with one attached hydrogen (secondary N) is 2. The Morgan fingerprint density at radius 3 is 2.53 bits per heavy atom. The highest BCUT2D eigenvalue weighted by atomic mass is 16.3. The van der Waals surface area contributed by atoms with Crippen LogP contribution >= 0.6 is 0 Å². The third kappa shape index (κ3) is 3.32. The molecule has 1 aromatic rings. The molecule has 17 heavy (non-hydrogen) atoms. The van der Waals surface area contributed by atoms with Crippen LogP contribution in [0.5, 0.6) is 0 Å². The Morgan fingerprint density at radius 1 is 1.29 bits per heavy atom. The fourth-order valence-corrected chi connectivity index (χ4v) is 2.30. The van der Waals surface area contributed by atoms with Gasteiger partial charge in [0.05, 0.1) is 6.10 Å². The van der Waals surface area contributed by atoms with Crippen LogP contribution in [0.1, 0.15) is 11.1 Å². The van der Waals surface area contributed by atoms with Gasteiger partial charge in [0.15, 0.2) is 0 Å². The molecule has 0 spiro atoms. The zero-order chi connectivity index (χ0) is 12.1. The highest BCUT2D eigenvalue weighted by Crippen LogP contribution is 2.21. The van der Waals surface area contributed by atoms with Crippen molar-refractivity contribution in [3.63, 3.8) is 0 Å². The summed E-state index contributed by atoms with van der Waals surface area (Å²) in [6, 6.07) is 9.01. The van der Waals surface area contributed by atoms with Gasteiger partial charge >= 0.3 is 0 Å². The normalized spacial score (nSPS) is 16.5. The van der Waals surface area contributed by atoms with E-state index in [0.29, 0.717) is 19.1 Å².